The van der Waals surface area contributed by atoms with Crippen molar-refractivity contribution in [1.82, 2.24) is 19.8 Å². The molecule has 1 aliphatic heterocycles. The lowest BCUT2D eigenvalue weighted by Crippen LogP contribution is -2.59. The summed E-state index contributed by atoms with van der Waals surface area (Å²) in [4.78, 5) is 25.3. The number of guanidine groups is 1. The third-order valence-electron chi connectivity index (χ3n) is 10.5. The number of aliphatic imine (C=N–C) groups is 1. The lowest BCUT2D eigenvalue weighted by Gasteiger charge is -2.61. The Hall–Kier alpha value is -3.53. The fourth-order valence-corrected chi connectivity index (χ4v) is 7.80. The Kier molecular flexibility index (Phi) is 8.15. The van der Waals surface area contributed by atoms with Crippen molar-refractivity contribution in [3.8, 4) is 5.75 Å². The quantitative estimate of drug-likeness (QED) is 0.287. The highest BCUT2D eigenvalue weighted by atomic mass is 19.1. The minimum atomic E-state index is -0.542. The van der Waals surface area contributed by atoms with Crippen molar-refractivity contribution in [2.45, 2.75) is 78.6 Å². The Morgan fingerprint density at radius 1 is 1.11 bits per heavy atom. The van der Waals surface area contributed by atoms with Crippen LogP contribution in [-0.4, -0.2) is 58.7 Å². The number of methoxy groups -OCH3 is 1. The van der Waals surface area contributed by atoms with Crippen LogP contribution in [0, 0.1) is 34.8 Å². The fraction of sp³-hybridized carbons (Fsp3) is 0.559. The van der Waals surface area contributed by atoms with E-state index in [1.807, 2.05) is 0 Å². The normalized spacial score (nSPS) is 28.1. The molecule has 4 aliphatic rings. The van der Waals surface area contributed by atoms with Gasteiger partial charge in [0.25, 0.3) is 5.56 Å². The minimum absolute atomic E-state index is 0.166. The van der Waals surface area contributed by atoms with Crippen LogP contribution in [0.3, 0.4) is 0 Å². The van der Waals surface area contributed by atoms with E-state index >= 15 is 4.39 Å². The van der Waals surface area contributed by atoms with Crippen LogP contribution in [0.25, 0.3) is 10.9 Å². The number of halogens is 2. The summed E-state index contributed by atoms with van der Waals surface area (Å²) in [5.74, 6) is 1.90. The smallest absolute Gasteiger partial charge is 0.261 e. The summed E-state index contributed by atoms with van der Waals surface area (Å²) in [5.41, 5.74) is 1.07. The Morgan fingerprint density at radius 2 is 1.86 bits per heavy atom. The van der Waals surface area contributed by atoms with E-state index in [0.717, 1.165) is 19.5 Å². The zero-order valence-electron chi connectivity index (χ0n) is 26.5. The Bertz CT molecular complexity index is 1630. The first kappa shape index (κ1) is 30.5. The molecular weight excluding hydrogens is 562 g/mol. The van der Waals surface area contributed by atoms with E-state index in [2.05, 4.69) is 55.1 Å². The van der Waals surface area contributed by atoms with Gasteiger partial charge in [-0.2, -0.15) is 0 Å². The van der Waals surface area contributed by atoms with Gasteiger partial charge in [-0.05, 0) is 80.0 Å². The van der Waals surface area contributed by atoms with E-state index in [1.165, 1.54) is 36.6 Å². The molecule has 2 heterocycles. The molecule has 0 unspecified atom stereocenters. The molecule has 10 heteroatoms. The average molecular weight is 607 g/mol. The molecule has 1 aromatic heterocycles. The van der Waals surface area contributed by atoms with Gasteiger partial charge in [-0.3, -0.25) is 9.36 Å². The number of aryl methyl sites for hydroxylation is 2. The average Bonchev–Trinajstić information content (AvgIpc) is 2.97. The number of hydrogen-bond donors (Lipinski definition) is 2. The molecule has 44 heavy (non-hydrogen) atoms. The number of nitrogens with one attached hydrogen (secondary N) is 2. The van der Waals surface area contributed by atoms with Crippen molar-refractivity contribution in [3.63, 3.8) is 0 Å². The van der Waals surface area contributed by atoms with E-state index in [4.69, 9.17) is 9.73 Å². The second-order valence-corrected chi connectivity index (χ2v) is 13.8. The lowest BCUT2D eigenvalue weighted by atomic mass is 9.45. The van der Waals surface area contributed by atoms with Gasteiger partial charge in [0.05, 0.1) is 36.1 Å². The first-order chi connectivity index (χ1) is 20.9. The molecule has 4 fully saturated rings. The summed E-state index contributed by atoms with van der Waals surface area (Å²) in [7, 11) is 1.48. The summed E-state index contributed by atoms with van der Waals surface area (Å²) in [6, 6.07) is 8.17. The van der Waals surface area contributed by atoms with Crippen LogP contribution in [0.15, 0.2) is 46.4 Å². The SMILES string of the molecule is COc1ccc(CCn2cnc3cc(NC(=N[C@H]4C[C@H]5C[C@H]([C@@H]4C)C5(C)C)N4C[C@@H](C)N[C@@H](C)C4)c(F)cc3c2=O)c(F)c1. The molecule has 0 amide bonds. The van der Waals surface area contributed by atoms with E-state index in [0.29, 0.717) is 46.0 Å². The minimum Gasteiger partial charge on any atom is -0.497 e. The van der Waals surface area contributed by atoms with Crippen molar-refractivity contribution in [1.29, 1.82) is 0 Å². The number of nitrogens with zero attached hydrogens (tertiary/aromatic N) is 4. The Morgan fingerprint density at radius 3 is 2.52 bits per heavy atom. The van der Waals surface area contributed by atoms with Crippen LogP contribution in [0.2, 0.25) is 0 Å². The predicted molar refractivity (Wildman–Crippen MR) is 170 cm³/mol. The van der Waals surface area contributed by atoms with Gasteiger partial charge < -0.3 is 20.3 Å². The highest BCUT2D eigenvalue weighted by molar-refractivity contribution is 5.96. The zero-order chi connectivity index (χ0) is 31.3. The molecule has 2 N–H and O–H groups in total. The van der Waals surface area contributed by atoms with Crippen LogP contribution in [-0.2, 0) is 13.0 Å². The second kappa shape index (κ2) is 11.8. The van der Waals surface area contributed by atoms with Crippen LogP contribution >= 0.6 is 0 Å². The van der Waals surface area contributed by atoms with Gasteiger partial charge >= 0.3 is 0 Å². The van der Waals surface area contributed by atoms with Crippen molar-refractivity contribution < 1.29 is 13.5 Å². The first-order valence-electron chi connectivity index (χ1n) is 15.8. The molecular formula is C34H44F2N6O2. The zero-order valence-corrected chi connectivity index (χ0v) is 26.5. The highest BCUT2D eigenvalue weighted by Crippen LogP contribution is 2.61. The van der Waals surface area contributed by atoms with Gasteiger partial charge in [-0.15, -0.1) is 0 Å². The van der Waals surface area contributed by atoms with Gasteiger partial charge in [0, 0.05) is 37.8 Å². The van der Waals surface area contributed by atoms with Crippen LogP contribution < -0.4 is 20.9 Å². The summed E-state index contributed by atoms with van der Waals surface area (Å²) in [6.07, 6.45) is 4.03. The summed E-state index contributed by atoms with van der Waals surface area (Å²) in [6.45, 7) is 13.1. The molecule has 236 valence electrons. The molecule has 2 aromatic carbocycles. The number of anilines is 1. The summed E-state index contributed by atoms with van der Waals surface area (Å²) in [5, 5.41) is 7.08. The molecule has 7 rings (SSSR count). The Balaban J connectivity index is 1.27. The maximum atomic E-state index is 15.7. The predicted octanol–water partition coefficient (Wildman–Crippen LogP) is 5.45. The van der Waals surface area contributed by atoms with E-state index < -0.39 is 11.6 Å². The standard InChI is InChI=1S/C34H44F2N6O2/c1-19-16-42(17-20(2)38-19)33(39-29-12-23-11-26(21(29)3)34(23,4)5)40-31-15-30-25(14-28(31)36)32(43)41(18-37-30)10-9-22-7-8-24(44-6)13-27(22)35/h7-8,13-15,18-21,23,26,29,38H,9-12,16-17H2,1-6H3,(H,39,40)/t19-,20+,21-,23+,26+,29-/m0/s1. The third kappa shape index (κ3) is 5.69. The van der Waals surface area contributed by atoms with Crippen molar-refractivity contribution in [2.24, 2.45) is 28.2 Å². The van der Waals surface area contributed by atoms with Crippen LogP contribution in [0.1, 0.15) is 53.0 Å². The largest absolute Gasteiger partial charge is 0.497 e. The molecule has 3 aromatic rings. The lowest BCUT2D eigenvalue weighted by molar-refractivity contribution is -0.108. The molecule has 0 spiro atoms. The molecule has 3 saturated carbocycles. The van der Waals surface area contributed by atoms with Gasteiger partial charge in [-0.25, -0.2) is 18.8 Å². The Labute approximate surface area is 257 Å². The number of hydrogen-bond acceptors (Lipinski definition) is 5. The van der Waals surface area contributed by atoms with Crippen molar-refractivity contribution >= 4 is 22.5 Å². The maximum absolute atomic E-state index is 15.7. The summed E-state index contributed by atoms with van der Waals surface area (Å²) < 4.78 is 36.6. The van der Waals surface area contributed by atoms with Gasteiger partial charge in [0.1, 0.15) is 17.4 Å². The third-order valence-corrected chi connectivity index (χ3v) is 10.5. The fourth-order valence-electron chi connectivity index (χ4n) is 7.80. The van der Waals surface area contributed by atoms with E-state index in [9.17, 15) is 9.18 Å². The van der Waals surface area contributed by atoms with Crippen LogP contribution in [0.5, 0.6) is 5.75 Å². The summed E-state index contributed by atoms with van der Waals surface area (Å²) >= 11 is 0. The molecule has 6 atom stereocenters. The molecule has 8 nitrogen and oxygen atoms in total. The molecule has 0 radical (unpaired) electrons. The number of fused-ring (bicyclic) bond motifs is 3. The van der Waals surface area contributed by atoms with Crippen molar-refractivity contribution in [3.05, 3.63) is 64.2 Å². The second-order valence-electron chi connectivity index (χ2n) is 13.8. The maximum Gasteiger partial charge on any atom is 0.261 e. The van der Waals surface area contributed by atoms with Gasteiger partial charge in [0.2, 0.25) is 0 Å². The van der Waals surface area contributed by atoms with Gasteiger partial charge in [0.15, 0.2) is 5.96 Å². The van der Waals surface area contributed by atoms with E-state index in [1.54, 1.807) is 18.2 Å². The number of rotatable bonds is 6. The number of aromatic nitrogens is 2. The molecule has 2 bridgehead atoms. The number of ether oxygens (including phenoxy) is 1. The molecule has 1 saturated heterocycles. The molecule has 3 aliphatic carbocycles. The number of benzene rings is 2. The monoisotopic (exact) mass is 606 g/mol. The van der Waals surface area contributed by atoms with Gasteiger partial charge in [-0.1, -0.05) is 26.8 Å². The van der Waals surface area contributed by atoms with E-state index in [-0.39, 0.29) is 47.7 Å². The van der Waals surface area contributed by atoms with Crippen molar-refractivity contribution in [2.75, 3.05) is 25.5 Å². The number of piperazine rings is 1. The highest BCUT2D eigenvalue weighted by Gasteiger charge is 2.56. The first-order valence-corrected chi connectivity index (χ1v) is 15.8. The topological polar surface area (TPSA) is 83.8 Å². The van der Waals surface area contributed by atoms with Crippen LogP contribution in [0.4, 0.5) is 14.5 Å².